The van der Waals surface area contributed by atoms with E-state index in [0.29, 0.717) is 0 Å². The van der Waals surface area contributed by atoms with Gasteiger partial charge in [0, 0.05) is 36.8 Å². The number of aryl methyl sites for hydroxylation is 3. The molecular formula is C19H18N2O3. The molecule has 5 nitrogen and oxygen atoms in total. The number of hydrogen-bond acceptors (Lipinski definition) is 2. The molecule has 0 aliphatic heterocycles. The van der Waals surface area contributed by atoms with Crippen LogP contribution in [0.15, 0.2) is 35.3 Å². The van der Waals surface area contributed by atoms with Gasteiger partial charge in [0.15, 0.2) is 0 Å². The summed E-state index contributed by atoms with van der Waals surface area (Å²) in [6.45, 7) is 0. The highest BCUT2D eigenvalue weighted by Crippen LogP contribution is 2.35. The third-order valence-corrected chi connectivity index (χ3v) is 4.98. The summed E-state index contributed by atoms with van der Waals surface area (Å²) in [5, 5.41) is 10.4. The van der Waals surface area contributed by atoms with Gasteiger partial charge in [-0.2, -0.15) is 0 Å². The molecule has 0 atom stereocenters. The number of pyridine rings is 1. The first-order chi connectivity index (χ1) is 11.5. The number of aromatic nitrogens is 2. The van der Waals surface area contributed by atoms with Crippen LogP contribution in [0.4, 0.5) is 0 Å². The Hall–Kier alpha value is -2.82. The van der Waals surface area contributed by atoms with Gasteiger partial charge in [0.2, 0.25) is 0 Å². The van der Waals surface area contributed by atoms with E-state index in [0.717, 1.165) is 41.5 Å². The molecular weight excluding hydrogens is 304 g/mol. The third kappa shape index (κ3) is 2.01. The monoisotopic (exact) mass is 322 g/mol. The highest BCUT2D eigenvalue weighted by Gasteiger charge is 2.22. The SMILES string of the molecule is Cn1c2c(cc(C(=O)O)c1=O)CCCc1cc3c(ccn3C)cc1-2. The van der Waals surface area contributed by atoms with Crippen molar-refractivity contribution in [2.75, 3.05) is 0 Å². The van der Waals surface area contributed by atoms with Gasteiger partial charge in [-0.3, -0.25) is 4.79 Å². The van der Waals surface area contributed by atoms with E-state index < -0.39 is 11.5 Å². The van der Waals surface area contributed by atoms with Crippen molar-refractivity contribution in [1.82, 2.24) is 9.13 Å². The summed E-state index contributed by atoms with van der Waals surface area (Å²) >= 11 is 0. The summed E-state index contributed by atoms with van der Waals surface area (Å²) in [5.74, 6) is -1.17. The van der Waals surface area contributed by atoms with E-state index >= 15 is 0 Å². The van der Waals surface area contributed by atoms with E-state index in [-0.39, 0.29) is 5.56 Å². The molecule has 0 spiro atoms. The maximum atomic E-state index is 12.4. The van der Waals surface area contributed by atoms with E-state index in [1.807, 2.05) is 13.2 Å². The number of hydrogen-bond donors (Lipinski definition) is 1. The number of carboxylic acids is 1. The van der Waals surface area contributed by atoms with Crippen LogP contribution in [0.1, 0.15) is 27.9 Å². The Labute approximate surface area is 138 Å². The van der Waals surface area contributed by atoms with Gasteiger partial charge in [-0.05, 0) is 54.7 Å². The zero-order chi connectivity index (χ0) is 17.0. The lowest BCUT2D eigenvalue weighted by atomic mass is 9.98. The van der Waals surface area contributed by atoms with Gasteiger partial charge in [0.1, 0.15) is 5.56 Å². The van der Waals surface area contributed by atoms with Crippen molar-refractivity contribution in [3.63, 3.8) is 0 Å². The topological polar surface area (TPSA) is 64.2 Å². The maximum Gasteiger partial charge on any atom is 0.341 e. The Kier molecular flexibility index (Phi) is 3.13. The quantitative estimate of drug-likeness (QED) is 0.749. The molecule has 5 heteroatoms. The minimum Gasteiger partial charge on any atom is -0.477 e. The number of benzene rings is 1. The summed E-state index contributed by atoms with van der Waals surface area (Å²) < 4.78 is 3.59. The Morgan fingerprint density at radius 2 is 1.88 bits per heavy atom. The number of aromatic carboxylic acids is 1. The number of carboxylic acid groups (broad SMARTS) is 1. The third-order valence-electron chi connectivity index (χ3n) is 4.98. The first-order valence-corrected chi connectivity index (χ1v) is 8.02. The highest BCUT2D eigenvalue weighted by atomic mass is 16.4. The fourth-order valence-corrected chi connectivity index (χ4v) is 3.76. The molecule has 1 N–H and O–H groups in total. The van der Waals surface area contributed by atoms with Crippen molar-refractivity contribution in [3.8, 4) is 11.3 Å². The standard InChI is InChI=1S/C19H18N2O3/c1-20-7-6-12-8-14-11(10-16(12)20)4-3-5-13-9-15(19(23)24)18(22)21(2)17(13)14/h6-10H,3-5H2,1-2H3,(H,23,24). The van der Waals surface area contributed by atoms with Crippen molar-refractivity contribution in [1.29, 1.82) is 0 Å². The zero-order valence-electron chi connectivity index (χ0n) is 13.7. The van der Waals surface area contributed by atoms with Crippen molar-refractivity contribution in [2.45, 2.75) is 19.3 Å². The highest BCUT2D eigenvalue weighted by molar-refractivity contribution is 5.90. The molecule has 1 aliphatic rings. The van der Waals surface area contributed by atoms with Crippen LogP contribution in [0.3, 0.4) is 0 Å². The van der Waals surface area contributed by atoms with Crippen molar-refractivity contribution < 1.29 is 9.90 Å². The predicted octanol–water partition coefficient (Wildman–Crippen LogP) is 2.73. The second-order valence-corrected chi connectivity index (χ2v) is 6.45. The zero-order valence-corrected chi connectivity index (χ0v) is 13.7. The second kappa shape index (κ2) is 5.09. The molecule has 4 rings (SSSR count). The largest absolute Gasteiger partial charge is 0.477 e. The van der Waals surface area contributed by atoms with Gasteiger partial charge in [-0.25, -0.2) is 4.79 Å². The summed E-state index contributed by atoms with van der Waals surface area (Å²) in [4.78, 5) is 23.8. The molecule has 0 unspecified atom stereocenters. The molecule has 1 aromatic carbocycles. The molecule has 1 aliphatic carbocycles. The Morgan fingerprint density at radius 3 is 2.62 bits per heavy atom. The van der Waals surface area contributed by atoms with Crippen LogP contribution in [0, 0.1) is 0 Å². The first-order valence-electron chi connectivity index (χ1n) is 8.02. The van der Waals surface area contributed by atoms with Crippen molar-refractivity contribution in [3.05, 3.63) is 57.5 Å². The molecule has 0 fully saturated rings. The van der Waals surface area contributed by atoms with Gasteiger partial charge < -0.3 is 14.2 Å². The van der Waals surface area contributed by atoms with Crippen LogP contribution >= 0.6 is 0 Å². The molecule has 0 bridgehead atoms. The molecule has 122 valence electrons. The predicted molar refractivity (Wildman–Crippen MR) is 92.6 cm³/mol. The molecule has 0 saturated heterocycles. The molecule has 24 heavy (non-hydrogen) atoms. The first kappa shape index (κ1) is 14.8. The van der Waals surface area contributed by atoms with E-state index in [1.54, 1.807) is 13.1 Å². The van der Waals surface area contributed by atoms with Crippen LogP contribution in [0.25, 0.3) is 22.2 Å². The Bertz CT molecular complexity index is 1060. The second-order valence-electron chi connectivity index (χ2n) is 6.45. The van der Waals surface area contributed by atoms with E-state index in [2.05, 4.69) is 22.8 Å². The molecule has 2 aromatic heterocycles. The Morgan fingerprint density at radius 1 is 1.12 bits per heavy atom. The lowest BCUT2D eigenvalue weighted by molar-refractivity contribution is 0.0694. The minimum absolute atomic E-state index is 0.152. The summed E-state index contributed by atoms with van der Waals surface area (Å²) in [5.41, 5.74) is 4.60. The van der Waals surface area contributed by atoms with Gasteiger partial charge in [-0.15, -0.1) is 0 Å². The van der Waals surface area contributed by atoms with Gasteiger partial charge >= 0.3 is 5.97 Å². The normalized spacial score (nSPS) is 13.4. The molecule has 0 amide bonds. The molecule has 2 heterocycles. The van der Waals surface area contributed by atoms with Crippen molar-refractivity contribution in [2.24, 2.45) is 14.1 Å². The van der Waals surface area contributed by atoms with E-state index in [4.69, 9.17) is 0 Å². The van der Waals surface area contributed by atoms with Crippen LogP contribution in [0.5, 0.6) is 0 Å². The van der Waals surface area contributed by atoms with Crippen LogP contribution in [-0.4, -0.2) is 20.2 Å². The number of fused-ring (bicyclic) bond motifs is 4. The van der Waals surface area contributed by atoms with E-state index in [9.17, 15) is 14.7 Å². The van der Waals surface area contributed by atoms with Crippen LogP contribution in [-0.2, 0) is 26.9 Å². The lowest BCUT2D eigenvalue weighted by Crippen LogP contribution is -2.26. The summed E-state index contributed by atoms with van der Waals surface area (Å²) in [6.07, 6.45) is 4.65. The van der Waals surface area contributed by atoms with Gasteiger partial charge in [0.25, 0.3) is 5.56 Å². The number of carbonyl (C=O) groups is 1. The van der Waals surface area contributed by atoms with Crippen LogP contribution < -0.4 is 5.56 Å². The van der Waals surface area contributed by atoms with Gasteiger partial charge in [0.05, 0.1) is 5.69 Å². The molecule has 0 radical (unpaired) electrons. The Balaban J connectivity index is 2.08. The fraction of sp³-hybridized carbons (Fsp3) is 0.263. The van der Waals surface area contributed by atoms with E-state index in [1.165, 1.54) is 15.6 Å². The van der Waals surface area contributed by atoms with Crippen molar-refractivity contribution >= 4 is 16.9 Å². The minimum atomic E-state index is -1.17. The van der Waals surface area contributed by atoms with Crippen LogP contribution in [0.2, 0.25) is 0 Å². The fourth-order valence-electron chi connectivity index (χ4n) is 3.76. The van der Waals surface area contributed by atoms with Gasteiger partial charge in [-0.1, -0.05) is 0 Å². The smallest absolute Gasteiger partial charge is 0.341 e. The average Bonchev–Trinajstić information content (AvgIpc) is 2.80. The number of rotatable bonds is 1. The maximum absolute atomic E-state index is 12.4. The summed E-state index contributed by atoms with van der Waals surface area (Å²) in [6, 6.07) is 7.93. The summed E-state index contributed by atoms with van der Waals surface area (Å²) in [7, 11) is 3.69. The lowest BCUT2D eigenvalue weighted by Gasteiger charge is -2.15. The number of nitrogens with zero attached hydrogens (tertiary/aromatic N) is 2. The molecule has 3 aromatic rings. The molecule has 0 saturated carbocycles. The average molecular weight is 322 g/mol.